The number of amides is 1. The fourth-order valence-corrected chi connectivity index (χ4v) is 2.15. The number of nitrogens with one attached hydrogen (secondary N) is 2. The van der Waals surface area contributed by atoms with Crippen LogP contribution in [0, 0.1) is 6.92 Å². The second-order valence-corrected chi connectivity index (χ2v) is 6.15. The van der Waals surface area contributed by atoms with E-state index < -0.39 is 10.0 Å². The van der Waals surface area contributed by atoms with Crippen molar-refractivity contribution in [2.45, 2.75) is 13.3 Å². The molecule has 0 aliphatic rings. The Bertz CT molecular complexity index is 535. The molecule has 0 fully saturated rings. The molecular weight excluding hydrogens is 266 g/mol. The van der Waals surface area contributed by atoms with Crippen LogP contribution >= 0.6 is 0 Å². The third kappa shape index (κ3) is 5.27. The molecular formula is C12H19N3O3S. The van der Waals surface area contributed by atoms with Crippen LogP contribution in [0.2, 0.25) is 0 Å². The molecule has 6 nitrogen and oxygen atoms in total. The van der Waals surface area contributed by atoms with Crippen molar-refractivity contribution >= 4 is 21.6 Å². The molecule has 0 aliphatic carbocycles. The summed E-state index contributed by atoms with van der Waals surface area (Å²) in [6.45, 7) is 2.49. The number of nitrogens with two attached hydrogens (primary N) is 1. The number of hydrogen-bond acceptors (Lipinski definition) is 4. The molecule has 0 unspecified atom stereocenters. The molecule has 106 valence electrons. The van der Waals surface area contributed by atoms with Crippen molar-refractivity contribution < 1.29 is 13.2 Å². The third-order valence-corrected chi connectivity index (χ3v) is 3.26. The molecule has 19 heavy (non-hydrogen) atoms. The quantitative estimate of drug-likeness (QED) is 0.515. The second kappa shape index (κ2) is 6.53. The van der Waals surface area contributed by atoms with Gasteiger partial charge in [-0.2, -0.15) is 0 Å². The fourth-order valence-electron chi connectivity index (χ4n) is 1.64. The minimum Gasteiger partial charge on any atom is -0.398 e. The zero-order valence-electron chi connectivity index (χ0n) is 11.1. The highest BCUT2D eigenvalue weighted by Gasteiger charge is 2.11. The van der Waals surface area contributed by atoms with Gasteiger partial charge in [0.15, 0.2) is 0 Å². The largest absolute Gasteiger partial charge is 0.398 e. The first-order valence-electron chi connectivity index (χ1n) is 5.89. The standard InChI is InChI=1S/C12H19N3O3S/c1-9-5-3-6-10(13)11(9)12(16)14-7-4-8-15-19(2,17)18/h3,5-6,15H,4,7-8,13H2,1-2H3,(H,14,16). The zero-order valence-corrected chi connectivity index (χ0v) is 11.9. The number of carbonyl (C=O) groups is 1. The van der Waals surface area contributed by atoms with Crippen molar-refractivity contribution in [3.63, 3.8) is 0 Å². The molecule has 0 spiro atoms. The summed E-state index contributed by atoms with van der Waals surface area (Å²) >= 11 is 0. The minimum absolute atomic E-state index is 0.241. The van der Waals surface area contributed by atoms with Crippen LogP contribution in [0.15, 0.2) is 18.2 Å². The number of hydrogen-bond donors (Lipinski definition) is 3. The first kappa shape index (κ1) is 15.5. The summed E-state index contributed by atoms with van der Waals surface area (Å²) in [4.78, 5) is 11.9. The van der Waals surface area contributed by atoms with Crippen LogP contribution < -0.4 is 15.8 Å². The van der Waals surface area contributed by atoms with Gasteiger partial charge in [0.1, 0.15) is 0 Å². The number of aryl methyl sites for hydroxylation is 1. The number of benzene rings is 1. The maximum Gasteiger partial charge on any atom is 0.253 e. The molecule has 0 aliphatic heterocycles. The van der Waals surface area contributed by atoms with E-state index in [9.17, 15) is 13.2 Å². The zero-order chi connectivity index (χ0) is 14.5. The Hall–Kier alpha value is -1.60. The minimum atomic E-state index is -3.17. The predicted molar refractivity (Wildman–Crippen MR) is 75.4 cm³/mol. The van der Waals surface area contributed by atoms with Gasteiger partial charge in [0.05, 0.1) is 11.8 Å². The van der Waals surface area contributed by atoms with E-state index in [1.165, 1.54) is 0 Å². The summed E-state index contributed by atoms with van der Waals surface area (Å²) in [7, 11) is -3.17. The summed E-state index contributed by atoms with van der Waals surface area (Å²) in [5.41, 5.74) is 7.48. The van der Waals surface area contributed by atoms with E-state index in [1.807, 2.05) is 13.0 Å². The molecule has 7 heteroatoms. The van der Waals surface area contributed by atoms with Crippen molar-refractivity contribution in [3.8, 4) is 0 Å². The van der Waals surface area contributed by atoms with Crippen LogP contribution in [0.5, 0.6) is 0 Å². The summed E-state index contributed by atoms with van der Waals surface area (Å²) in [5.74, 6) is -0.241. The molecule has 0 heterocycles. The van der Waals surface area contributed by atoms with Crippen LogP contribution in [0.4, 0.5) is 5.69 Å². The molecule has 0 radical (unpaired) electrons. The molecule has 0 saturated carbocycles. The molecule has 0 saturated heterocycles. The van der Waals surface area contributed by atoms with Gasteiger partial charge in [0.25, 0.3) is 5.91 Å². The Morgan fingerprint density at radius 3 is 2.58 bits per heavy atom. The molecule has 0 atom stereocenters. The van der Waals surface area contributed by atoms with Gasteiger partial charge in [0, 0.05) is 18.8 Å². The van der Waals surface area contributed by atoms with E-state index in [0.717, 1.165) is 11.8 Å². The molecule has 1 rings (SSSR count). The normalized spacial score (nSPS) is 11.3. The van der Waals surface area contributed by atoms with Gasteiger partial charge in [-0.1, -0.05) is 12.1 Å². The van der Waals surface area contributed by atoms with E-state index in [-0.39, 0.29) is 5.91 Å². The summed E-state index contributed by atoms with van der Waals surface area (Å²) in [6, 6.07) is 5.28. The number of rotatable bonds is 6. The predicted octanol–water partition coefficient (Wildman–Crippen LogP) is 0.246. The Morgan fingerprint density at radius 2 is 2.00 bits per heavy atom. The average Bonchev–Trinajstić information content (AvgIpc) is 2.26. The lowest BCUT2D eigenvalue weighted by Crippen LogP contribution is -2.30. The third-order valence-electron chi connectivity index (χ3n) is 2.54. The van der Waals surface area contributed by atoms with Gasteiger partial charge in [-0.05, 0) is 25.0 Å². The number of sulfonamides is 1. The summed E-state index contributed by atoms with van der Waals surface area (Å²) < 4.78 is 24.0. The molecule has 1 amide bonds. The second-order valence-electron chi connectivity index (χ2n) is 4.32. The molecule has 0 aromatic heterocycles. The van der Waals surface area contributed by atoms with Crippen molar-refractivity contribution in [1.82, 2.24) is 10.0 Å². The van der Waals surface area contributed by atoms with Gasteiger partial charge in [-0.15, -0.1) is 0 Å². The maximum atomic E-state index is 11.9. The molecule has 0 bridgehead atoms. The summed E-state index contributed by atoms with van der Waals surface area (Å²) in [6.07, 6.45) is 1.62. The van der Waals surface area contributed by atoms with Gasteiger partial charge in [-0.3, -0.25) is 4.79 Å². The van der Waals surface area contributed by atoms with E-state index in [1.54, 1.807) is 12.1 Å². The Labute approximate surface area is 113 Å². The highest BCUT2D eigenvalue weighted by atomic mass is 32.2. The average molecular weight is 285 g/mol. The lowest BCUT2D eigenvalue weighted by atomic mass is 10.1. The van der Waals surface area contributed by atoms with Gasteiger partial charge in [-0.25, -0.2) is 13.1 Å². The van der Waals surface area contributed by atoms with Crippen molar-refractivity contribution in [1.29, 1.82) is 0 Å². The molecule has 1 aromatic carbocycles. The highest BCUT2D eigenvalue weighted by molar-refractivity contribution is 7.88. The summed E-state index contributed by atoms with van der Waals surface area (Å²) in [5, 5.41) is 2.71. The van der Waals surface area contributed by atoms with E-state index >= 15 is 0 Å². The lowest BCUT2D eigenvalue weighted by Gasteiger charge is -2.10. The monoisotopic (exact) mass is 285 g/mol. The highest BCUT2D eigenvalue weighted by Crippen LogP contribution is 2.15. The van der Waals surface area contributed by atoms with Gasteiger partial charge in [0.2, 0.25) is 10.0 Å². The first-order chi connectivity index (χ1) is 8.81. The van der Waals surface area contributed by atoms with Gasteiger partial charge >= 0.3 is 0 Å². The van der Waals surface area contributed by atoms with Gasteiger partial charge < -0.3 is 11.1 Å². The van der Waals surface area contributed by atoms with Crippen LogP contribution in [0.3, 0.4) is 0 Å². The van der Waals surface area contributed by atoms with Crippen LogP contribution in [0.1, 0.15) is 22.3 Å². The topological polar surface area (TPSA) is 101 Å². The van der Waals surface area contributed by atoms with Crippen molar-refractivity contribution in [3.05, 3.63) is 29.3 Å². The van der Waals surface area contributed by atoms with E-state index in [2.05, 4.69) is 10.0 Å². The van der Waals surface area contributed by atoms with Crippen molar-refractivity contribution in [2.24, 2.45) is 0 Å². The fraction of sp³-hybridized carbons (Fsp3) is 0.417. The van der Waals surface area contributed by atoms with Crippen LogP contribution in [-0.2, 0) is 10.0 Å². The van der Waals surface area contributed by atoms with E-state index in [4.69, 9.17) is 5.73 Å². The molecule has 1 aromatic rings. The SMILES string of the molecule is Cc1cccc(N)c1C(=O)NCCCNS(C)(=O)=O. The van der Waals surface area contributed by atoms with Crippen molar-refractivity contribution in [2.75, 3.05) is 25.1 Å². The Morgan fingerprint density at radius 1 is 1.32 bits per heavy atom. The number of anilines is 1. The maximum absolute atomic E-state index is 11.9. The Kier molecular flexibility index (Phi) is 5.31. The van der Waals surface area contributed by atoms with E-state index in [0.29, 0.717) is 30.8 Å². The number of nitrogen functional groups attached to an aromatic ring is 1. The number of carbonyl (C=O) groups excluding carboxylic acids is 1. The van der Waals surface area contributed by atoms with Crippen LogP contribution in [-0.4, -0.2) is 33.7 Å². The molecule has 4 N–H and O–H groups in total. The first-order valence-corrected chi connectivity index (χ1v) is 7.78. The van der Waals surface area contributed by atoms with Crippen LogP contribution in [0.25, 0.3) is 0 Å². The smallest absolute Gasteiger partial charge is 0.253 e. The lowest BCUT2D eigenvalue weighted by molar-refractivity contribution is 0.0953. The Balaban J connectivity index is 2.44.